The second kappa shape index (κ2) is 6.03. The average molecular weight is 381 g/mol. The van der Waals surface area contributed by atoms with E-state index in [1.165, 1.54) is 16.5 Å². The quantitative estimate of drug-likeness (QED) is 0.650. The minimum absolute atomic E-state index is 0.0329. The third kappa shape index (κ3) is 2.43. The summed E-state index contributed by atoms with van der Waals surface area (Å²) in [6, 6.07) is 10.7. The first kappa shape index (κ1) is 17.0. The van der Waals surface area contributed by atoms with Crippen molar-refractivity contribution in [2.45, 2.75) is 38.7 Å². The van der Waals surface area contributed by atoms with Gasteiger partial charge in [-0.25, -0.2) is 0 Å². The number of benzene rings is 1. The van der Waals surface area contributed by atoms with Crippen molar-refractivity contribution in [1.29, 1.82) is 0 Å². The van der Waals surface area contributed by atoms with Gasteiger partial charge >= 0.3 is 0 Å². The highest BCUT2D eigenvalue weighted by Crippen LogP contribution is 2.56. The molecule has 3 heteroatoms. The highest BCUT2D eigenvalue weighted by Gasteiger charge is 2.49. The molecule has 144 valence electrons. The van der Waals surface area contributed by atoms with Gasteiger partial charge in [-0.1, -0.05) is 37.3 Å². The van der Waals surface area contributed by atoms with Crippen LogP contribution in [0.5, 0.6) is 0 Å². The van der Waals surface area contributed by atoms with Crippen molar-refractivity contribution in [3.63, 3.8) is 0 Å². The van der Waals surface area contributed by atoms with Crippen LogP contribution >= 0.6 is 0 Å². The van der Waals surface area contributed by atoms with Crippen molar-refractivity contribution in [3.05, 3.63) is 83.3 Å². The lowest BCUT2D eigenvalue weighted by molar-refractivity contribution is -0.116. The number of allylic oxidation sites excluding steroid dienone is 6. The van der Waals surface area contributed by atoms with E-state index in [4.69, 9.17) is 4.74 Å². The summed E-state index contributed by atoms with van der Waals surface area (Å²) in [6.45, 7) is 2.33. The summed E-state index contributed by atoms with van der Waals surface area (Å²) in [5.74, 6) is 1.50. The molecule has 1 aromatic heterocycles. The standard InChI is InChI=1S/C26H23NO2/c1-26-12-11-18-15-19-23(28)5-2-6-24(19)29-25(18)21(26)9-8-20(26)16-7-10-22-17(14-16)4-3-13-27-22/h3-4,7-8,10-15,21,25H,2,5-6,9H2,1H3/t21-,25+,26+/m0/s1. The van der Waals surface area contributed by atoms with Gasteiger partial charge in [0.1, 0.15) is 11.9 Å². The number of hydrogen-bond donors (Lipinski definition) is 0. The SMILES string of the molecule is C[C@]12C=CC3=CC4=C(CCCC4=O)O[C@H]3[C@@H]1CC=C2c1ccc2ncccc2c1. The molecule has 4 aliphatic rings. The Morgan fingerprint density at radius 3 is 3.07 bits per heavy atom. The summed E-state index contributed by atoms with van der Waals surface area (Å²) in [5, 5.41) is 1.17. The maximum Gasteiger partial charge on any atom is 0.166 e. The number of rotatable bonds is 1. The summed E-state index contributed by atoms with van der Waals surface area (Å²) in [6.07, 6.45) is 14.3. The Morgan fingerprint density at radius 1 is 1.21 bits per heavy atom. The van der Waals surface area contributed by atoms with E-state index in [1.807, 2.05) is 12.3 Å². The average Bonchev–Trinajstić information content (AvgIpc) is 3.10. The lowest BCUT2D eigenvalue weighted by Crippen LogP contribution is -2.40. The first-order valence-electron chi connectivity index (χ1n) is 10.5. The van der Waals surface area contributed by atoms with Crippen molar-refractivity contribution in [2.24, 2.45) is 11.3 Å². The number of fused-ring (bicyclic) bond motifs is 4. The van der Waals surface area contributed by atoms with Crippen LogP contribution in [0.15, 0.2) is 77.7 Å². The molecule has 1 aromatic carbocycles. The van der Waals surface area contributed by atoms with Gasteiger partial charge in [0, 0.05) is 35.8 Å². The van der Waals surface area contributed by atoms with E-state index in [0.717, 1.165) is 41.7 Å². The van der Waals surface area contributed by atoms with Gasteiger partial charge in [0.2, 0.25) is 0 Å². The smallest absolute Gasteiger partial charge is 0.166 e. The molecule has 0 unspecified atom stereocenters. The molecular formula is C26H23NO2. The van der Waals surface area contributed by atoms with Crippen molar-refractivity contribution < 1.29 is 9.53 Å². The van der Waals surface area contributed by atoms with Crippen molar-refractivity contribution in [3.8, 4) is 0 Å². The van der Waals surface area contributed by atoms with Gasteiger partial charge in [0.15, 0.2) is 5.78 Å². The molecule has 0 radical (unpaired) electrons. The molecular weight excluding hydrogens is 358 g/mol. The number of ketones is 1. The lowest BCUT2D eigenvalue weighted by atomic mass is 9.65. The summed E-state index contributed by atoms with van der Waals surface area (Å²) in [4.78, 5) is 16.8. The van der Waals surface area contributed by atoms with E-state index in [1.54, 1.807) is 0 Å². The molecule has 3 nitrogen and oxygen atoms in total. The van der Waals surface area contributed by atoms with E-state index in [-0.39, 0.29) is 17.3 Å². The van der Waals surface area contributed by atoms with Gasteiger partial charge in [0.05, 0.1) is 11.1 Å². The fourth-order valence-electron chi connectivity index (χ4n) is 5.55. The van der Waals surface area contributed by atoms with Crippen LogP contribution in [-0.4, -0.2) is 16.9 Å². The normalized spacial score (nSPS) is 30.3. The Hall–Kier alpha value is -2.94. The Balaban J connectivity index is 1.39. The Morgan fingerprint density at radius 2 is 2.14 bits per heavy atom. The number of Topliss-reactive ketones (excluding diaryl/α,β-unsaturated/α-hetero) is 1. The number of nitrogens with zero attached hydrogens (tertiary/aromatic N) is 1. The van der Waals surface area contributed by atoms with Gasteiger partial charge in [-0.3, -0.25) is 9.78 Å². The molecule has 6 rings (SSSR count). The molecule has 0 spiro atoms. The fourth-order valence-corrected chi connectivity index (χ4v) is 5.55. The number of carbonyl (C=O) groups is 1. The summed E-state index contributed by atoms with van der Waals surface area (Å²) in [5.41, 5.74) is 5.54. The van der Waals surface area contributed by atoms with E-state index < -0.39 is 0 Å². The summed E-state index contributed by atoms with van der Waals surface area (Å²) < 4.78 is 6.49. The molecule has 0 saturated carbocycles. The van der Waals surface area contributed by atoms with Crippen molar-refractivity contribution in [1.82, 2.24) is 4.98 Å². The molecule has 29 heavy (non-hydrogen) atoms. The molecule has 2 heterocycles. The zero-order chi connectivity index (χ0) is 19.6. The van der Waals surface area contributed by atoms with Gasteiger partial charge in [-0.05, 0) is 53.8 Å². The molecule has 0 N–H and O–H groups in total. The third-order valence-corrected chi connectivity index (χ3v) is 7.15. The van der Waals surface area contributed by atoms with E-state index in [2.05, 4.69) is 60.5 Å². The number of carbonyl (C=O) groups excluding carboxylic acids is 1. The van der Waals surface area contributed by atoms with Gasteiger partial charge in [-0.15, -0.1) is 0 Å². The second-order valence-corrected chi connectivity index (χ2v) is 8.78. The van der Waals surface area contributed by atoms with Crippen LogP contribution in [-0.2, 0) is 9.53 Å². The van der Waals surface area contributed by atoms with E-state index >= 15 is 0 Å². The molecule has 0 fully saturated rings. The summed E-state index contributed by atoms with van der Waals surface area (Å²) in [7, 11) is 0. The van der Waals surface area contributed by atoms with E-state index in [0.29, 0.717) is 12.3 Å². The van der Waals surface area contributed by atoms with Gasteiger partial charge in [-0.2, -0.15) is 0 Å². The third-order valence-electron chi connectivity index (χ3n) is 7.15. The maximum atomic E-state index is 12.3. The van der Waals surface area contributed by atoms with Crippen LogP contribution in [0.4, 0.5) is 0 Å². The van der Waals surface area contributed by atoms with Crippen LogP contribution in [0.3, 0.4) is 0 Å². The predicted octanol–water partition coefficient (Wildman–Crippen LogP) is 5.55. The highest BCUT2D eigenvalue weighted by molar-refractivity contribution is 5.99. The van der Waals surface area contributed by atoms with Crippen LogP contribution in [0.2, 0.25) is 0 Å². The molecule has 3 aliphatic carbocycles. The highest BCUT2D eigenvalue weighted by atomic mass is 16.5. The number of aromatic nitrogens is 1. The zero-order valence-electron chi connectivity index (χ0n) is 16.5. The second-order valence-electron chi connectivity index (χ2n) is 8.78. The topological polar surface area (TPSA) is 39.2 Å². The van der Waals surface area contributed by atoms with Crippen LogP contribution in [0, 0.1) is 11.3 Å². The monoisotopic (exact) mass is 381 g/mol. The molecule has 3 atom stereocenters. The van der Waals surface area contributed by atoms with Crippen LogP contribution < -0.4 is 0 Å². The first-order chi connectivity index (χ1) is 14.1. The zero-order valence-corrected chi connectivity index (χ0v) is 16.5. The lowest BCUT2D eigenvalue weighted by Gasteiger charge is -2.43. The minimum atomic E-state index is -0.0748. The molecule has 0 bridgehead atoms. The van der Waals surface area contributed by atoms with Gasteiger partial charge in [0.25, 0.3) is 0 Å². The minimum Gasteiger partial charge on any atom is -0.489 e. The number of pyridine rings is 1. The van der Waals surface area contributed by atoms with Crippen LogP contribution in [0.25, 0.3) is 16.5 Å². The maximum absolute atomic E-state index is 12.3. The first-order valence-corrected chi connectivity index (χ1v) is 10.5. The molecule has 0 saturated heterocycles. The molecule has 1 aliphatic heterocycles. The fraction of sp³-hybridized carbons (Fsp3) is 0.308. The Labute approximate surface area is 170 Å². The Kier molecular flexibility index (Phi) is 3.53. The molecule has 0 amide bonds. The van der Waals surface area contributed by atoms with Gasteiger partial charge < -0.3 is 4.74 Å². The summed E-state index contributed by atoms with van der Waals surface area (Å²) >= 11 is 0. The van der Waals surface area contributed by atoms with Crippen molar-refractivity contribution in [2.75, 3.05) is 0 Å². The van der Waals surface area contributed by atoms with Crippen LogP contribution in [0.1, 0.15) is 38.2 Å². The largest absolute Gasteiger partial charge is 0.489 e. The number of ether oxygens (including phenoxy) is 1. The number of hydrogen-bond acceptors (Lipinski definition) is 3. The van der Waals surface area contributed by atoms with Crippen molar-refractivity contribution >= 4 is 22.3 Å². The Bertz CT molecular complexity index is 1180. The predicted molar refractivity (Wildman–Crippen MR) is 114 cm³/mol. The molecule has 2 aromatic rings. The van der Waals surface area contributed by atoms with E-state index in [9.17, 15) is 4.79 Å².